The van der Waals surface area contributed by atoms with Gasteiger partial charge in [0, 0.05) is 6.42 Å². The Labute approximate surface area is 71.1 Å². The Kier molecular flexibility index (Phi) is 2.41. The molecule has 0 unspecified atom stereocenters. The zero-order valence-electron chi connectivity index (χ0n) is 7.54. The van der Waals surface area contributed by atoms with Crippen LogP contribution in [-0.2, 0) is 0 Å². The van der Waals surface area contributed by atoms with E-state index in [1.54, 1.807) is 0 Å². The van der Waals surface area contributed by atoms with Gasteiger partial charge in [-0.2, -0.15) is 13.2 Å². The average molecular weight is 180 g/mol. The van der Waals surface area contributed by atoms with Crippen LogP contribution in [-0.4, -0.2) is 6.18 Å². The third kappa shape index (κ3) is 1.93. The van der Waals surface area contributed by atoms with E-state index < -0.39 is 18.0 Å². The molecule has 0 spiro atoms. The van der Waals surface area contributed by atoms with Crippen LogP contribution < -0.4 is 0 Å². The van der Waals surface area contributed by atoms with E-state index in [9.17, 15) is 13.2 Å². The minimum atomic E-state index is -3.98. The van der Waals surface area contributed by atoms with Crippen molar-refractivity contribution in [3.8, 4) is 0 Å². The second kappa shape index (κ2) is 2.93. The van der Waals surface area contributed by atoms with Gasteiger partial charge in [0.15, 0.2) is 0 Å². The van der Waals surface area contributed by atoms with Crippen molar-refractivity contribution in [2.24, 2.45) is 11.3 Å². The van der Waals surface area contributed by atoms with Gasteiger partial charge in [-0.15, -0.1) is 0 Å². The SMILES string of the molecule is CC(C)C1(CC(F)(F)F)CCC1. The van der Waals surface area contributed by atoms with Crippen LogP contribution in [0.3, 0.4) is 0 Å². The Morgan fingerprint density at radius 3 is 1.83 bits per heavy atom. The Bertz CT molecular complexity index is 154. The third-order valence-electron chi connectivity index (χ3n) is 3.13. The van der Waals surface area contributed by atoms with E-state index in [4.69, 9.17) is 0 Å². The maximum atomic E-state index is 12.1. The molecule has 1 fully saturated rings. The van der Waals surface area contributed by atoms with Crippen molar-refractivity contribution in [3.05, 3.63) is 0 Å². The topological polar surface area (TPSA) is 0 Å². The van der Waals surface area contributed by atoms with Crippen LogP contribution in [0.1, 0.15) is 39.5 Å². The first kappa shape index (κ1) is 9.87. The molecule has 0 aromatic heterocycles. The van der Waals surface area contributed by atoms with E-state index in [1.165, 1.54) is 0 Å². The maximum Gasteiger partial charge on any atom is 0.389 e. The van der Waals surface area contributed by atoms with E-state index in [-0.39, 0.29) is 5.92 Å². The summed E-state index contributed by atoms with van der Waals surface area (Å²) in [5.41, 5.74) is -0.418. The molecule has 0 aliphatic heterocycles. The van der Waals surface area contributed by atoms with Crippen LogP contribution in [0.2, 0.25) is 0 Å². The van der Waals surface area contributed by atoms with Crippen molar-refractivity contribution < 1.29 is 13.2 Å². The van der Waals surface area contributed by atoms with Crippen LogP contribution in [0.4, 0.5) is 13.2 Å². The lowest BCUT2D eigenvalue weighted by molar-refractivity contribution is -0.177. The zero-order chi connectivity index (χ0) is 9.41. The van der Waals surface area contributed by atoms with Gasteiger partial charge in [-0.05, 0) is 24.2 Å². The van der Waals surface area contributed by atoms with Gasteiger partial charge in [-0.1, -0.05) is 20.3 Å². The van der Waals surface area contributed by atoms with Gasteiger partial charge in [0.1, 0.15) is 0 Å². The lowest BCUT2D eigenvalue weighted by atomic mass is 9.60. The predicted octanol–water partition coefficient (Wildman–Crippen LogP) is 3.77. The smallest absolute Gasteiger partial charge is 0.171 e. The summed E-state index contributed by atoms with van der Waals surface area (Å²) in [4.78, 5) is 0. The molecule has 1 aliphatic carbocycles. The number of halogens is 3. The first-order valence-corrected chi connectivity index (χ1v) is 4.42. The second-order valence-electron chi connectivity index (χ2n) is 4.16. The van der Waals surface area contributed by atoms with Crippen LogP contribution in [0, 0.1) is 11.3 Å². The minimum absolute atomic E-state index is 0.160. The fourth-order valence-electron chi connectivity index (χ4n) is 1.99. The van der Waals surface area contributed by atoms with Crippen molar-refractivity contribution in [3.63, 3.8) is 0 Å². The summed E-state index contributed by atoms with van der Waals surface area (Å²) in [6.07, 6.45) is -2.09. The van der Waals surface area contributed by atoms with Gasteiger partial charge in [-0.25, -0.2) is 0 Å². The molecule has 1 saturated carbocycles. The van der Waals surface area contributed by atoms with E-state index in [0.717, 1.165) is 19.3 Å². The molecular formula is C9H15F3. The molecule has 0 nitrogen and oxygen atoms in total. The maximum absolute atomic E-state index is 12.1. The van der Waals surface area contributed by atoms with Crippen molar-refractivity contribution in [1.82, 2.24) is 0 Å². The van der Waals surface area contributed by atoms with Gasteiger partial charge in [-0.3, -0.25) is 0 Å². The molecule has 0 radical (unpaired) electrons. The van der Waals surface area contributed by atoms with E-state index in [2.05, 4.69) is 0 Å². The quantitative estimate of drug-likeness (QED) is 0.606. The number of hydrogen-bond acceptors (Lipinski definition) is 0. The average Bonchev–Trinajstić information content (AvgIpc) is 1.75. The molecule has 0 heterocycles. The molecule has 1 aliphatic rings. The van der Waals surface area contributed by atoms with E-state index in [1.807, 2.05) is 13.8 Å². The summed E-state index contributed by atoms with van der Waals surface area (Å²) in [5, 5.41) is 0. The predicted molar refractivity (Wildman–Crippen MR) is 41.8 cm³/mol. The van der Waals surface area contributed by atoms with Crippen LogP contribution in [0.5, 0.6) is 0 Å². The molecule has 0 aromatic carbocycles. The molecule has 0 saturated heterocycles. The van der Waals surface area contributed by atoms with Crippen molar-refractivity contribution in [2.75, 3.05) is 0 Å². The molecule has 0 amide bonds. The highest BCUT2D eigenvalue weighted by atomic mass is 19.4. The van der Waals surface area contributed by atoms with Crippen molar-refractivity contribution >= 4 is 0 Å². The summed E-state index contributed by atoms with van der Waals surface area (Å²) in [6, 6.07) is 0. The Hall–Kier alpha value is -0.210. The van der Waals surface area contributed by atoms with Gasteiger partial charge < -0.3 is 0 Å². The monoisotopic (exact) mass is 180 g/mol. The molecule has 1 rings (SSSR count). The van der Waals surface area contributed by atoms with Crippen LogP contribution in [0.25, 0.3) is 0 Å². The van der Waals surface area contributed by atoms with Crippen LogP contribution >= 0.6 is 0 Å². The third-order valence-corrected chi connectivity index (χ3v) is 3.13. The summed E-state index contributed by atoms with van der Waals surface area (Å²) in [5.74, 6) is 0.160. The Morgan fingerprint density at radius 1 is 1.25 bits per heavy atom. The number of hydrogen-bond donors (Lipinski definition) is 0. The molecule has 12 heavy (non-hydrogen) atoms. The fraction of sp³-hybridized carbons (Fsp3) is 1.00. The molecule has 72 valence electrons. The lowest BCUT2D eigenvalue weighted by Gasteiger charge is -2.46. The standard InChI is InChI=1S/C9H15F3/c1-7(2)8(4-3-5-8)6-9(10,11)12/h7H,3-6H2,1-2H3. The second-order valence-corrected chi connectivity index (χ2v) is 4.16. The van der Waals surface area contributed by atoms with Gasteiger partial charge in [0.05, 0.1) is 0 Å². The summed E-state index contributed by atoms with van der Waals surface area (Å²) < 4.78 is 36.4. The van der Waals surface area contributed by atoms with Gasteiger partial charge in [0.2, 0.25) is 0 Å². The minimum Gasteiger partial charge on any atom is -0.171 e. The van der Waals surface area contributed by atoms with E-state index >= 15 is 0 Å². The lowest BCUT2D eigenvalue weighted by Crippen LogP contribution is -2.39. The van der Waals surface area contributed by atoms with Crippen LogP contribution in [0.15, 0.2) is 0 Å². The van der Waals surface area contributed by atoms with Gasteiger partial charge >= 0.3 is 6.18 Å². The molecule has 0 N–H and O–H groups in total. The molecule has 0 bridgehead atoms. The molecule has 0 atom stereocenters. The number of rotatable bonds is 2. The van der Waals surface area contributed by atoms with E-state index in [0.29, 0.717) is 0 Å². The summed E-state index contributed by atoms with van der Waals surface area (Å²) in [6.45, 7) is 3.79. The molecule has 0 aromatic rings. The van der Waals surface area contributed by atoms with Crippen molar-refractivity contribution in [1.29, 1.82) is 0 Å². The first-order chi connectivity index (χ1) is 5.36. The fourth-order valence-corrected chi connectivity index (χ4v) is 1.99. The highest BCUT2D eigenvalue weighted by Gasteiger charge is 2.47. The highest BCUT2D eigenvalue weighted by Crippen LogP contribution is 2.53. The zero-order valence-corrected chi connectivity index (χ0v) is 7.54. The van der Waals surface area contributed by atoms with Gasteiger partial charge in [0.25, 0.3) is 0 Å². The highest BCUT2D eigenvalue weighted by molar-refractivity contribution is 4.91. The summed E-state index contributed by atoms with van der Waals surface area (Å²) in [7, 11) is 0. The number of alkyl halides is 3. The molecular weight excluding hydrogens is 165 g/mol. The normalized spacial score (nSPS) is 22.5. The summed E-state index contributed by atoms with van der Waals surface area (Å²) >= 11 is 0. The first-order valence-electron chi connectivity index (χ1n) is 4.42. The Balaban J connectivity index is 2.57. The Morgan fingerprint density at radius 2 is 1.75 bits per heavy atom. The van der Waals surface area contributed by atoms with Crippen molar-refractivity contribution in [2.45, 2.75) is 45.7 Å². The largest absolute Gasteiger partial charge is 0.389 e. The molecule has 3 heteroatoms.